The Morgan fingerprint density at radius 2 is 2.07 bits per heavy atom. The van der Waals surface area contributed by atoms with Crippen LogP contribution in [0.15, 0.2) is 0 Å². The highest BCUT2D eigenvalue weighted by Gasteiger charge is 2.15. The highest BCUT2D eigenvalue weighted by molar-refractivity contribution is 7.89. The number of aliphatic carboxylic acids is 1. The molecule has 0 aliphatic rings. The van der Waals surface area contributed by atoms with Crippen molar-refractivity contribution in [2.24, 2.45) is 0 Å². The molecule has 0 aromatic carbocycles. The van der Waals surface area contributed by atoms with Crippen molar-refractivity contribution in [1.82, 2.24) is 4.72 Å². The van der Waals surface area contributed by atoms with Crippen molar-refractivity contribution < 1.29 is 23.4 Å². The van der Waals surface area contributed by atoms with Gasteiger partial charge in [-0.2, -0.15) is 0 Å². The van der Waals surface area contributed by atoms with Crippen molar-refractivity contribution in [3.8, 4) is 0 Å². The van der Waals surface area contributed by atoms with Gasteiger partial charge in [0.25, 0.3) is 0 Å². The molecule has 6 nitrogen and oxygen atoms in total. The van der Waals surface area contributed by atoms with Crippen molar-refractivity contribution in [3.63, 3.8) is 0 Å². The van der Waals surface area contributed by atoms with E-state index in [9.17, 15) is 13.2 Å². The fourth-order valence-corrected chi connectivity index (χ4v) is 2.34. The molecule has 15 heavy (non-hydrogen) atoms. The summed E-state index contributed by atoms with van der Waals surface area (Å²) >= 11 is 0. The molecule has 0 fully saturated rings. The molecule has 0 spiro atoms. The van der Waals surface area contributed by atoms with Gasteiger partial charge in [0.1, 0.15) is 0 Å². The first-order valence-electron chi connectivity index (χ1n) is 4.70. The number of carboxylic acid groups (broad SMARTS) is 1. The Kier molecular flexibility index (Phi) is 6.46. The molecule has 0 radical (unpaired) electrons. The first kappa shape index (κ1) is 14.3. The van der Waals surface area contributed by atoms with Gasteiger partial charge in [0.05, 0.1) is 12.2 Å². The molecule has 7 heteroatoms. The van der Waals surface area contributed by atoms with Gasteiger partial charge in [-0.25, -0.2) is 13.1 Å². The topological polar surface area (TPSA) is 104 Å². The van der Waals surface area contributed by atoms with Crippen molar-refractivity contribution in [1.29, 1.82) is 0 Å². The summed E-state index contributed by atoms with van der Waals surface area (Å²) in [6.45, 7) is 1.69. The minimum Gasteiger partial charge on any atom is -0.481 e. The van der Waals surface area contributed by atoms with Crippen LogP contribution in [-0.4, -0.2) is 43.0 Å². The van der Waals surface area contributed by atoms with Crippen LogP contribution in [0.1, 0.15) is 26.2 Å². The molecule has 0 aliphatic carbocycles. The first-order valence-corrected chi connectivity index (χ1v) is 6.35. The molecule has 1 atom stereocenters. The molecule has 0 saturated carbocycles. The fraction of sp³-hybridized carbons (Fsp3) is 0.875. The summed E-state index contributed by atoms with van der Waals surface area (Å²) < 4.78 is 24.9. The summed E-state index contributed by atoms with van der Waals surface area (Å²) in [6.07, 6.45) is 0.646. The van der Waals surface area contributed by atoms with E-state index >= 15 is 0 Å². The predicted molar refractivity (Wildman–Crippen MR) is 55.0 cm³/mol. The van der Waals surface area contributed by atoms with E-state index in [4.69, 9.17) is 10.2 Å². The lowest BCUT2D eigenvalue weighted by atomic mass is 10.2. The Morgan fingerprint density at radius 3 is 2.53 bits per heavy atom. The summed E-state index contributed by atoms with van der Waals surface area (Å²) in [5.74, 6) is -1.55. The number of hydrogen-bond acceptors (Lipinski definition) is 4. The van der Waals surface area contributed by atoms with Gasteiger partial charge in [-0.3, -0.25) is 4.79 Å². The number of nitrogens with one attached hydrogen (secondary N) is 1. The van der Waals surface area contributed by atoms with Crippen LogP contribution in [0.5, 0.6) is 0 Å². The Labute approximate surface area is 89.4 Å². The van der Waals surface area contributed by atoms with Crippen molar-refractivity contribution >= 4 is 16.0 Å². The van der Waals surface area contributed by atoms with Gasteiger partial charge in [0.2, 0.25) is 10.0 Å². The lowest BCUT2D eigenvalue weighted by Gasteiger charge is -2.12. The zero-order valence-corrected chi connectivity index (χ0v) is 9.46. The lowest BCUT2D eigenvalue weighted by Crippen LogP contribution is -2.35. The van der Waals surface area contributed by atoms with Crippen LogP contribution in [0.3, 0.4) is 0 Å². The molecule has 0 aliphatic heterocycles. The average Bonchev–Trinajstić information content (AvgIpc) is 2.11. The highest BCUT2D eigenvalue weighted by atomic mass is 32.2. The standard InChI is InChI=1S/C8H17NO5S/c1-7(3-2-5-10)9-15(13,14)6-4-8(11)12/h7,9-10H,2-6H2,1H3,(H,11,12). The number of rotatable bonds is 8. The Hall–Kier alpha value is -0.660. The van der Waals surface area contributed by atoms with Crippen LogP contribution < -0.4 is 4.72 Å². The van der Waals surface area contributed by atoms with E-state index < -0.39 is 28.2 Å². The molecule has 0 rings (SSSR count). The van der Waals surface area contributed by atoms with E-state index in [1.165, 1.54) is 0 Å². The van der Waals surface area contributed by atoms with Crippen LogP contribution in [0.4, 0.5) is 0 Å². The molecule has 0 amide bonds. The second kappa shape index (κ2) is 6.76. The summed E-state index contributed by atoms with van der Waals surface area (Å²) in [5.41, 5.74) is 0. The molecule has 0 aromatic heterocycles. The average molecular weight is 239 g/mol. The van der Waals surface area contributed by atoms with E-state index in [1.807, 2.05) is 0 Å². The number of carboxylic acids is 1. The maximum absolute atomic E-state index is 11.3. The molecular formula is C8H17NO5S. The number of aliphatic hydroxyl groups excluding tert-OH is 1. The third-order valence-corrected chi connectivity index (χ3v) is 3.26. The number of aliphatic hydroxyl groups is 1. The summed E-state index contributed by atoms with van der Waals surface area (Å²) in [7, 11) is -3.52. The summed E-state index contributed by atoms with van der Waals surface area (Å²) in [4.78, 5) is 10.2. The molecule has 1 unspecified atom stereocenters. The van der Waals surface area contributed by atoms with E-state index in [0.29, 0.717) is 12.8 Å². The fourth-order valence-electron chi connectivity index (χ4n) is 1.04. The van der Waals surface area contributed by atoms with E-state index in [-0.39, 0.29) is 12.6 Å². The normalized spacial score (nSPS) is 13.7. The van der Waals surface area contributed by atoms with Crippen molar-refractivity contribution in [2.75, 3.05) is 12.4 Å². The molecule has 0 aromatic rings. The minimum atomic E-state index is -3.52. The Bertz CT molecular complexity index is 287. The number of carbonyl (C=O) groups is 1. The van der Waals surface area contributed by atoms with Gasteiger partial charge in [-0.15, -0.1) is 0 Å². The predicted octanol–water partition coefficient (Wildman–Crippen LogP) is -0.458. The smallest absolute Gasteiger partial charge is 0.304 e. The molecule has 0 saturated heterocycles. The van der Waals surface area contributed by atoms with E-state index in [2.05, 4.69) is 4.72 Å². The van der Waals surface area contributed by atoms with Gasteiger partial charge in [0, 0.05) is 12.6 Å². The third kappa shape index (κ3) is 8.34. The van der Waals surface area contributed by atoms with Gasteiger partial charge < -0.3 is 10.2 Å². The Morgan fingerprint density at radius 1 is 1.47 bits per heavy atom. The number of sulfonamides is 1. The van der Waals surface area contributed by atoms with Gasteiger partial charge in [-0.1, -0.05) is 0 Å². The minimum absolute atomic E-state index is 0.0151. The molecular weight excluding hydrogens is 222 g/mol. The van der Waals surface area contributed by atoms with Crippen molar-refractivity contribution in [3.05, 3.63) is 0 Å². The SMILES string of the molecule is CC(CCCO)NS(=O)(=O)CCC(=O)O. The molecule has 0 heterocycles. The maximum atomic E-state index is 11.3. The van der Waals surface area contributed by atoms with Crippen molar-refractivity contribution in [2.45, 2.75) is 32.2 Å². The third-order valence-electron chi connectivity index (χ3n) is 1.76. The zero-order valence-electron chi connectivity index (χ0n) is 8.64. The van der Waals surface area contributed by atoms with Crippen LogP contribution in [0.25, 0.3) is 0 Å². The van der Waals surface area contributed by atoms with Gasteiger partial charge in [0.15, 0.2) is 0 Å². The molecule has 90 valence electrons. The van der Waals surface area contributed by atoms with Crippen LogP contribution in [0, 0.1) is 0 Å². The highest BCUT2D eigenvalue weighted by Crippen LogP contribution is 1.99. The monoisotopic (exact) mass is 239 g/mol. The Balaban J connectivity index is 3.96. The summed E-state index contributed by atoms with van der Waals surface area (Å²) in [6, 6.07) is -0.282. The second-order valence-corrected chi connectivity index (χ2v) is 5.22. The van der Waals surface area contributed by atoms with E-state index in [0.717, 1.165) is 0 Å². The second-order valence-electron chi connectivity index (χ2n) is 3.35. The molecule has 0 bridgehead atoms. The quantitative estimate of drug-likeness (QED) is 0.532. The molecule has 3 N–H and O–H groups in total. The van der Waals surface area contributed by atoms with Crippen LogP contribution >= 0.6 is 0 Å². The van der Waals surface area contributed by atoms with Crippen LogP contribution in [0.2, 0.25) is 0 Å². The maximum Gasteiger partial charge on any atom is 0.304 e. The van der Waals surface area contributed by atoms with Crippen LogP contribution in [-0.2, 0) is 14.8 Å². The van der Waals surface area contributed by atoms with Gasteiger partial charge in [-0.05, 0) is 19.8 Å². The zero-order chi connectivity index (χ0) is 11.9. The van der Waals surface area contributed by atoms with Gasteiger partial charge >= 0.3 is 5.97 Å². The van der Waals surface area contributed by atoms with E-state index in [1.54, 1.807) is 6.92 Å². The first-order chi connectivity index (χ1) is 6.87. The number of hydrogen-bond donors (Lipinski definition) is 3. The summed E-state index contributed by atoms with van der Waals surface area (Å²) in [5, 5.41) is 16.9. The largest absolute Gasteiger partial charge is 0.481 e. The lowest BCUT2D eigenvalue weighted by molar-refractivity contribution is -0.136.